The summed E-state index contributed by atoms with van der Waals surface area (Å²) in [4.78, 5) is 52.7. The van der Waals surface area contributed by atoms with E-state index < -0.39 is 67.1 Å². The van der Waals surface area contributed by atoms with Gasteiger partial charge in [0.2, 0.25) is 11.8 Å². The van der Waals surface area contributed by atoms with Crippen LogP contribution in [0.15, 0.2) is 48.7 Å². The number of nitrogens with one attached hydrogen (secondary N) is 3. The van der Waals surface area contributed by atoms with Gasteiger partial charge in [-0.3, -0.25) is 24.4 Å². The third-order valence-corrected chi connectivity index (χ3v) is 7.98. The van der Waals surface area contributed by atoms with Gasteiger partial charge in [0.25, 0.3) is 5.91 Å². The highest BCUT2D eigenvalue weighted by molar-refractivity contribution is 6.10. The Balaban J connectivity index is 1.41. The molecule has 3 atom stereocenters. The van der Waals surface area contributed by atoms with E-state index in [0.717, 1.165) is 19.1 Å². The van der Waals surface area contributed by atoms with Gasteiger partial charge in [0, 0.05) is 25.6 Å². The molecule has 3 aromatic rings. The van der Waals surface area contributed by atoms with Crippen LogP contribution in [0.1, 0.15) is 41.9 Å². The Labute approximate surface area is 247 Å². The number of aromatic nitrogens is 2. The molecule has 0 bridgehead atoms. The number of benzene rings is 2. The fourth-order valence-electron chi connectivity index (χ4n) is 5.53. The van der Waals surface area contributed by atoms with E-state index in [2.05, 4.69) is 20.8 Å². The molecule has 5 amide bonds. The van der Waals surface area contributed by atoms with Gasteiger partial charge in [0.05, 0.1) is 18.3 Å². The summed E-state index contributed by atoms with van der Waals surface area (Å²) in [6.45, 7) is -0.841. The quantitative estimate of drug-likeness (QED) is 0.263. The molecule has 2 aromatic carbocycles. The van der Waals surface area contributed by atoms with Crippen molar-refractivity contribution in [1.29, 1.82) is 0 Å². The van der Waals surface area contributed by atoms with E-state index in [1.807, 2.05) is 0 Å². The largest absolute Gasteiger partial charge is 0.408 e. The van der Waals surface area contributed by atoms with Crippen molar-refractivity contribution in [2.24, 2.45) is 0 Å². The van der Waals surface area contributed by atoms with Gasteiger partial charge >= 0.3 is 12.2 Å². The van der Waals surface area contributed by atoms with Gasteiger partial charge < -0.3 is 15.5 Å². The number of amides is 5. The molecule has 0 saturated carbocycles. The molecule has 1 spiro atoms. The lowest BCUT2D eigenvalue weighted by molar-refractivity contribution is -0.187. The van der Waals surface area contributed by atoms with Crippen LogP contribution in [-0.4, -0.2) is 69.6 Å². The lowest BCUT2D eigenvalue weighted by atomic mass is 9.90. The fraction of sp³-hybridized carbons (Fsp3) is 0.345. The van der Waals surface area contributed by atoms with E-state index in [1.54, 1.807) is 6.07 Å². The van der Waals surface area contributed by atoms with E-state index >= 15 is 4.39 Å². The number of fused-ring (bicyclic) bond motifs is 2. The molecule has 3 N–H and O–H groups in total. The Bertz CT molecular complexity index is 1620. The number of urea groups is 1. The maximum atomic E-state index is 15.5. The van der Waals surface area contributed by atoms with Gasteiger partial charge in [-0.1, -0.05) is 24.3 Å². The van der Waals surface area contributed by atoms with Gasteiger partial charge in [0.1, 0.15) is 30.1 Å². The normalized spacial score (nSPS) is 20.1. The SMILES string of the molecule is CNC(=O)Cc1[nH]ncc1-c1ccc2c(c1)C(F)C[C@]21NC(=O)N(CC(=O)N(Cc2ccc(F)cc2)[C@@H](C)C(F)(F)F)C1=O. The van der Waals surface area contributed by atoms with E-state index in [1.165, 1.54) is 37.5 Å². The Morgan fingerprint density at radius 1 is 1.18 bits per heavy atom. The monoisotopic (exact) mass is 618 g/mol. The van der Waals surface area contributed by atoms with Crippen molar-refractivity contribution in [3.63, 3.8) is 0 Å². The minimum Gasteiger partial charge on any atom is -0.359 e. The van der Waals surface area contributed by atoms with E-state index in [0.29, 0.717) is 26.6 Å². The minimum atomic E-state index is -4.84. The first kappa shape index (κ1) is 30.6. The van der Waals surface area contributed by atoms with Crippen LogP contribution >= 0.6 is 0 Å². The van der Waals surface area contributed by atoms with E-state index in [-0.39, 0.29) is 29.0 Å². The number of H-pyrrole nitrogens is 1. The fourth-order valence-corrected chi connectivity index (χ4v) is 5.53. The second-order valence-corrected chi connectivity index (χ2v) is 10.7. The number of hydrogen-bond acceptors (Lipinski definition) is 5. The molecule has 1 fully saturated rings. The predicted molar refractivity (Wildman–Crippen MR) is 145 cm³/mol. The first-order valence-corrected chi connectivity index (χ1v) is 13.5. The lowest BCUT2D eigenvalue weighted by Crippen LogP contribution is -2.51. The number of hydrogen-bond donors (Lipinski definition) is 3. The maximum Gasteiger partial charge on any atom is 0.408 e. The molecule has 2 aliphatic rings. The lowest BCUT2D eigenvalue weighted by Gasteiger charge is -2.32. The Kier molecular flexibility index (Phi) is 7.90. The second-order valence-electron chi connectivity index (χ2n) is 10.7. The first-order chi connectivity index (χ1) is 20.7. The Hall–Kier alpha value is -4.82. The molecule has 1 saturated heterocycles. The maximum absolute atomic E-state index is 15.5. The molecule has 5 rings (SSSR count). The van der Waals surface area contributed by atoms with Crippen LogP contribution in [0, 0.1) is 5.82 Å². The van der Waals surface area contributed by atoms with Crippen molar-refractivity contribution in [2.45, 2.75) is 50.2 Å². The van der Waals surface area contributed by atoms with Crippen molar-refractivity contribution in [2.75, 3.05) is 13.6 Å². The van der Waals surface area contributed by atoms with Gasteiger partial charge in [-0.2, -0.15) is 18.3 Å². The summed E-state index contributed by atoms with van der Waals surface area (Å²) in [6, 6.07) is 5.65. The highest BCUT2D eigenvalue weighted by atomic mass is 19.4. The van der Waals surface area contributed by atoms with Crippen LogP contribution in [0.25, 0.3) is 11.1 Å². The van der Waals surface area contributed by atoms with Gasteiger partial charge in [-0.05, 0) is 47.4 Å². The number of imide groups is 1. The van der Waals surface area contributed by atoms with E-state index in [4.69, 9.17) is 0 Å². The summed E-state index contributed by atoms with van der Waals surface area (Å²) in [7, 11) is 1.48. The van der Waals surface area contributed by atoms with Crippen molar-refractivity contribution < 1.29 is 41.1 Å². The second kappa shape index (κ2) is 11.4. The van der Waals surface area contributed by atoms with Crippen LogP contribution in [0.5, 0.6) is 0 Å². The zero-order valence-corrected chi connectivity index (χ0v) is 23.5. The summed E-state index contributed by atoms with van der Waals surface area (Å²) >= 11 is 0. The topological polar surface area (TPSA) is 128 Å². The number of likely N-dealkylation sites (N-methyl/N-ethyl adjacent to an activating group) is 1. The van der Waals surface area contributed by atoms with Crippen molar-refractivity contribution in [1.82, 2.24) is 30.6 Å². The van der Waals surface area contributed by atoms with Crippen molar-refractivity contribution >= 4 is 23.8 Å². The molecule has 2 heterocycles. The number of carbonyl (C=O) groups is 4. The molecule has 232 valence electrons. The number of alkyl halides is 4. The zero-order valence-electron chi connectivity index (χ0n) is 23.5. The van der Waals surface area contributed by atoms with Crippen LogP contribution in [0.2, 0.25) is 0 Å². The molecule has 1 aliphatic carbocycles. The van der Waals surface area contributed by atoms with Crippen molar-refractivity contribution in [3.8, 4) is 11.1 Å². The summed E-state index contributed by atoms with van der Waals surface area (Å²) in [5.74, 6) is -3.07. The molecule has 1 aliphatic heterocycles. The standard InChI is InChI=1S/C29H27F5N6O4/c1-15(29(32,33)34)39(13-16-3-6-18(30)7-4-16)25(42)14-40-26(43)28(37-27(40)44)11-22(31)19-9-17(5-8-21(19)28)20-12-36-38-23(20)10-24(41)35-2/h3-9,12,15,22H,10-11,13-14H2,1-2H3,(H,35,41)(H,36,38)(H,37,44)/t15-,22?,28-/m0/s1. The number of carbonyl (C=O) groups excluding carboxylic acids is 4. The summed E-state index contributed by atoms with van der Waals surface area (Å²) < 4.78 is 69.9. The van der Waals surface area contributed by atoms with Crippen LogP contribution in [0.4, 0.5) is 26.7 Å². The summed E-state index contributed by atoms with van der Waals surface area (Å²) in [6.07, 6.45) is -5.59. The molecule has 10 nitrogen and oxygen atoms in total. The predicted octanol–water partition coefficient (Wildman–Crippen LogP) is 3.65. The van der Waals surface area contributed by atoms with Gasteiger partial charge in [-0.15, -0.1) is 0 Å². The number of rotatable bonds is 8. The average Bonchev–Trinajstić information content (AvgIpc) is 3.62. The third-order valence-electron chi connectivity index (χ3n) is 7.98. The number of halogens is 5. The van der Waals surface area contributed by atoms with Crippen LogP contribution < -0.4 is 10.6 Å². The zero-order chi connectivity index (χ0) is 32.0. The van der Waals surface area contributed by atoms with Crippen LogP contribution in [0.3, 0.4) is 0 Å². The molecular formula is C29H27F5N6O4. The molecule has 44 heavy (non-hydrogen) atoms. The number of nitrogens with zero attached hydrogens (tertiary/aromatic N) is 3. The Morgan fingerprint density at radius 2 is 1.89 bits per heavy atom. The third kappa shape index (κ3) is 5.49. The van der Waals surface area contributed by atoms with Gasteiger partial charge in [-0.25, -0.2) is 13.6 Å². The summed E-state index contributed by atoms with van der Waals surface area (Å²) in [5, 5.41) is 11.7. The molecule has 15 heteroatoms. The molecule has 0 radical (unpaired) electrons. The highest BCUT2D eigenvalue weighted by Crippen LogP contribution is 2.49. The number of aromatic amines is 1. The molecular weight excluding hydrogens is 591 g/mol. The van der Waals surface area contributed by atoms with Crippen molar-refractivity contribution in [3.05, 3.63) is 76.9 Å². The minimum absolute atomic E-state index is 0.0193. The summed E-state index contributed by atoms with van der Waals surface area (Å²) in [5.41, 5.74) is 0.0621. The Morgan fingerprint density at radius 3 is 2.55 bits per heavy atom. The van der Waals surface area contributed by atoms with Crippen LogP contribution in [-0.2, 0) is 32.9 Å². The van der Waals surface area contributed by atoms with Gasteiger partial charge in [0.15, 0.2) is 0 Å². The smallest absolute Gasteiger partial charge is 0.359 e. The molecule has 1 aromatic heterocycles. The molecule has 1 unspecified atom stereocenters. The average molecular weight is 619 g/mol. The first-order valence-electron chi connectivity index (χ1n) is 13.5. The van der Waals surface area contributed by atoms with E-state index in [9.17, 15) is 36.7 Å². The highest BCUT2D eigenvalue weighted by Gasteiger charge is 2.59.